The highest BCUT2D eigenvalue weighted by Gasteiger charge is 2.12. The van der Waals surface area contributed by atoms with Gasteiger partial charge in [-0.15, -0.1) is 0 Å². The van der Waals surface area contributed by atoms with Crippen molar-refractivity contribution in [2.45, 2.75) is 13.5 Å². The first kappa shape index (κ1) is 17.2. The number of carbonyl (C=O) groups is 1. The number of benzene rings is 1. The minimum Gasteiger partial charge on any atom is -0.378 e. The largest absolute Gasteiger partial charge is 0.378 e. The van der Waals surface area contributed by atoms with Gasteiger partial charge in [0.1, 0.15) is 5.82 Å². The molecule has 0 bridgehead atoms. The summed E-state index contributed by atoms with van der Waals surface area (Å²) in [6.45, 7) is 5.67. The average Bonchev–Trinajstić information content (AvgIpc) is 2.66. The highest BCUT2D eigenvalue weighted by molar-refractivity contribution is 5.91. The van der Waals surface area contributed by atoms with Crippen molar-refractivity contribution < 1.29 is 9.53 Å². The van der Waals surface area contributed by atoms with E-state index in [1.165, 1.54) is 5.56 Å². The van der Waals surface area contributed by atoms with E-state index in [1.54, 1.807) is 12.3 Å². The summed E-state index contributed by atoms with van der Waals surface area (Å²) in [4.78, 5) is 18.6. The fraction of sp³-hybridized carbons (Fsp3) is 0.300. The van der Waals surface area contributed by atoms with Crippen LogP contribution in [0.3, 0.4) is 0 Å². The van der Waals surface area contributed by atoms with Gasteiger partial charge in [-0.25, -0.2) is 4.98 Å². The molecule has 2 aromatic rings. The minimum atomic E-state index is -0.105. The van der Waals surface area contributed by atoms with E-state index in [-0.39, 0.29) is 5.91 Å². The number of rotatable bonds is 5. The predicted molar refractivity (Wildman–Crippen MR) is 99.3 cm³/mol. The Morgan fingerprint density at radius 1 is 1.28 bits per heavy atom. The SMILES string of the molecule is Cc1cccc(/C=C/C(=O)NCc2ccnc(N3CCOCC3)c2)c1. The lowest BCUT2D eigenvalue weighted by Gasteiger charge is -2.28. The molecule has 1 saturated heterocycles. The molecule has 1 amide bonds. The summed E-state index contributed by atoms with van der Waals surface area (Å²) in [5, 5.41) is 2.92. The molecule has 0 saturated carbocycles. The third kappa shape index (κ3) is 5.16. The molecule has 0 aliphatic carbocycles. The molecule has 1 aromatic heterocycles. The normalized spacial score (nSPS) is 14.7. The molecule has 25 heavy (non-hydrogen) atoms. The first-order valence-electron chi connectivity index (χ1n) is 8.51. The van der Waals surface area contributed by atoms with E-state index in [1.807, 2.05) is 49.4 Å². The summed E-state index contributed by atoms with van der Waals surface area (Å²) < 4.78 is 5.37. The number of ether oxygens (including phenoxy) is 1. The van der Waals surface area contributed by atoms with Gasteiger partial charge in [-0.3, -0.25) is 4.79 Å². The molecule has 0 atom stereocenters. The zero-order chi connectivity index (χ0) is 17.5. The molecule has 0 spiro atoms. The van der Waals surface area contributed by atoms with Crippen molar-refractivity contribution in [1.29, 1.82) is 0 Å². The van der Waals surface area contributed by atoms with E-state index in [9.17, 15) is 4.79 Å². The van der Waals surface area contributed by atoms with Crippen LogP contribution in [0.5, 0.6) is 0 Å². The van der Waals surface area contributed by atoms with Gasteiger partial charge in [0.25, 0.3) is 0 Å². The topological polar surface area (TPSA) is 54.5 Å². The number of amides is 1. The first-order chi connectivity index (χ1) is 12.2. The van der Waals surface area contributed by atoms with Crippen LogP contribution in [0.1, 0.15) is 16.7 Å². The van der Waals surface area contributed by atoms with Crippen molar-refractivity contribution in [3.05, 3.63) is 65.4 Å². The predicted octanol–water partition coefficient (Wildman–Crippen LogP) is 2.56. The fourth-order valence-electron chi connectivity index (χ4n) is 2.73. The highest BCUT2D eigenvalue weighted by Crippen LogP contribution is 2.14. The number of nitrogens with one attached hydrogen (secondary N) is 1. The molecule has 3 rings (SSSR count). The summed E-state index contributed by atoms with van der Waals surface area (Å²) in [6.07, 6.45) is 5.18. The van der Waals surface area contributed by atoms with Gasteiger partial charge in [0, 0.05) is 31.9 Å². The summed E-state index contributed by atoms with van der Waals surface area (Å²) in [7, 11) is 0. The Hall–Kier alpha value is -2.66. The molecule has 5 heteroatoms. The number of aryl methyl sites for hydroxylation is 1. The molecule has 1 aliphatic rings. The van der Waals surface area contributed by atoms with Crippen molar-refractivity contribution >= 4 is 17.8 Å². The maximum absolute atomic E-state index is 12.0. The average molecular weight is 337 g/mol. The van der Waals surface area contributed by atoms with Gasteiger partial charge in [-0.05, 0) is 36.3 Å². The molecule has 1 fully saturated rings. The van der Waals surface area contributed by atoms with Crippen LogP contribution in [0.15, 0.2) is 48.7 Å². The van der Waals surface area contributed by atoms with E-state index in [2.05, 4.69) is 15.2 Å². The van der Waals surface area contributed by atoms with Crippen LogP contribution in [-0.2, 0) is 16.1 Å². The minimum absolute atomic E-state index is 0.105. The first-order valence-corrected chi connectivity index (χ1v) is 8.51. The zero-order valence-electron chi connectivity index (χ0n) is 14.4. The molecule has 5 nitrogen and oxygen atoms in total. The Balaban J connectivity index is 1.55. The molecular formula is C20H23N3O2. The van der Waals surface area contributed by atoms with E-state index in [4.69, 9.17) is 4.74 Å². The van der Waals surface area contributed by atoms with Crippen LogP contribution in [0.2, 0.25) is 0 Å². The van der Waals surface area contributed by atoms with Crippen LogP contribution >= 0.6 is 0 Å². The second-order valence-electron chi connectivity index (χ2n) is 6.09. The molecule has 2 heterocycles. The van der Waals surface area contributed by atoms with E-state index >= 15 is 0 Å². The third-order valence-corrected chi connectivity index (χ3v) is 4.08. The van der Waals surface area contributed by atoms with Crippen LogP contribution in [-0.4, -0.2) is 37.2 Å². The molecule has 1 aliphatic heterocycles. The number of hydrogen-bond donors (Lipinski definition) is 1. The van der Waals surface area contributed by atoms with Gasteiger partial charge in [0.15, 0.2) is 0 Å². The maximum Gasteiger partial charge on any atom is 0.244 e. The van der Waals surface area contributed by atoms with Crippen LogP contribution in [0.4, 0.5) is 5.82 Å². The van der Waals surface area contributed by atoms with Gasteiger partial charge >= 0.3 is 0 Å². The van der Waals surface area contributed by atoms with Gasteiger partial charge in [-0.2, -0.15) is 0 Å². The molecule has 0 unspecified atom stereocenters. The zero-order valence-corrected chi connectivity index (χ0v) is 14.4. The van der Waals surface area contributed by atoms with E-state index in [0.29, 0.717) is 6.54 Å². The molecule has 1 aromatic carbocycles. The van der Waals surface area contributed by atoms with Crippen LogP contribution in [0.25, 0.3) is 6.08 Å². The smallest absolute Gasteiger partial charge is 0.244 e. The van der Waals surface area contributed by atoms with Crippen LogP contribution in [0, 0.1) is 6.92 Å². The lowest BCUT2D eigenvalue weighted by Crippen LogP contribution is -2.36. The number of hydrogen-bond acceptors (Lipinski definition) is 4. The molecule has 130 valence electrons. The van der Waals surface area contributed by atoms with E-state index < -0.39 is 0 Å². The summed E-state index contributed by atoms with van der Waals surface area (Å²) in [5.74, 6) is 0.830. The van der Waals surface area contributed by atoms with Gasteiger partial charge in [0.2, 0.25) is 5.91 Å². The van der Waals surface area contributed by atoms with Crippen molar-refractivity contribution in [3.8, 4) is 0 Å². The van der Waals surface area contributed by atoms with Crippen molar-refractivity contribution in [2.24, 2.45) is 0 Å². The third-order valence-electron chi connectivity index (χ3n) is 4.08. The van der Waals surface area contributed by atoms with Crippen molar-refractivity contribution in [1.82, 2.24) is 10.3 Å². The number of nitrogens with zero attached hydrogens (tertiary/aromatic N) is 2. The summed E-state index contributed by atoms with van der Waals surface area (Å²) >= 11 is 0. The number of anilines is 1. The van der Waals surface area contributed by atoms with Crippen LogP contribution < -0.4 is 10.2 Å². The Bertz CT molecular complexity index is 752. The number of pyridine rings is 1. The van der Waals surface area contributed by atoms with Gasteiger partial charge < -0.3 is 15.0 Å². The number of aromatic nitrogens is 1. The highest BCUT2D eigenvalue weighted by atomic mass is 16.5. The maximum atomic E-state index is 12.0. The second kappa shape index (κ2) is 8.44. The second-order valence-corrected chi connectivity index (χ2v) is 6.09. The number of carbonyl (C=O) groups excluding carboxylic acids is 1. The van der Waals surface area contributed by atoms with Crippen molar-refractivity contribution in [3.63, 3.8) is 0 Å². The summed E-state index contributed by atoms with van der Waals surface area (Å²) in [5.41, 5.74) is 3.23. The monoisotopic (exact) mass is 337 g/mol. The van der Waals surface area contributed by atoms with Gasteiger partial charge in [-0.1, -0.05) is 29.8 Å². The fourth-order valence-corrected chi connectivity index (χ4v) is 2.73. The number of morpholine rings is 1. The molecule has 0 radical (unpaired) electrons. The standard InChI is InChI=1S/C20H23N3O2/c1-16-3-2-4-17(13-16)5-6-20(24)22-15-18-7-8-21-19(14-18)23-9-11-25-12-10-23/h2-8,13-14H,9-12,15H2,1H3,(H,22,24)/b6-5+. The molecular weight excluding hydrogens is 314 g/mol. The quantitative estimate of drug-likeness (QED) is 0.852. The van der Waals surface area contributed by atoms with E-state index in [0.717, 1.165) is 43.2 Å². The Labute approximate surface area is 148 Å². The van der Waals surface area contributed by atoms with Gasteiger partial charge in [0.05, 0.1) is 13.2 Å². The van der Waals surface area contributed by atoms with Crippen molar-refractivity contribution in [2.75, 3.05) is 31.2 Å². The lowest BCUT2D eigenvalue weighted by atomic mass is 10.1. The summed E-state index contributed by atoms with van der Waals surface area (Å²) in [6, 6.07) is 12.0. The Morgan fingerprint density at radius 3 is 2.92 bits per heavy atom. The Morgan fingerprint density at radius 2 is 2.12 bits per heavy atom. The lowest BCUT2D eigenvalue weighted by molar-refractivity contribution is -0.116. The molecule has 1 N–H and O–H groups in total. The Kier molecular flexibility index (Phi) is 5.80.